The Morgan fingerprint density at radius 3 is 2.86 bits per heavy atom. The van der Waals surface area contributed by atoms with Gasteiger partial charge in [0.1, 0.15) is 12.4 Å². The Bertz CT molecular complexity index is 757. The maximum absolute atomic E-state index is 5.82. The van der Waals surface area contributed by atoms with Crippen LogP contribution in [-0.2, 0) is 11.5 Å². The molecule has 0 saturated heterocycles. The van der Waals surface area contributed by atoms with Crippen molar-refractivity contribution < 1.29 is 4.74 Å². The van der Waals surface area contributed by atoms with Crippen LogP contribution < -0.4 is 0 Å². The smallest absolute Gasteiger partial charge is 0.163 e. The molecule has 0 radical (unpaired) electrons. The summed E-state index contributed by atoms with van der Waals surface area (Å²) in [6.45, 7) is 8.38. The van der Waals surface area contributed by atoms with Crippen LogP contribution in [0.4, 0.5) is 0 Å². The van der Waals surface area contributed by atoms with E-state index in [1.807, 2.05) is 29.0 Å². The fourth-order valence-corrected chi connectivity index (χ4v) is 3.06. The van der Waals surface area contributed by atoms with Gasteiger partial charge in [-0.05, 0) is 12.1 Å². The number of para-hydroxylation sites is 1. The van der Waals surface area contributed by atoms with Gasteiger partial charge < -0.3 is 9.30 Å². The van der Waals surface area contributed by atoms with Crippen LogP contribution in [0.15, 0.2) is 36.7 Å². The molecule has 0 fully saturated rings. The average molecular weight is 314 g/mol. The topological polar surface area (TPSA) is 55.7 Å². The van der Waals surface area contributed by atoms with Crippen molar-refractivity contribution in [3.8, 4) is 11.5 Å². The monoisotopic (exact) mass is 314 g/mol. The van der Waals surface area contributed by atoms with E-state index in [0.29, 0.717) is 6.73 Å². The largest absolute Gasteiger partial charge is 0.361 e. The molecule has 0 atom stereocenters. The molecule has 1 aromatic carbocycles. The van der Waals surface area contributed by atoms with E-state index in [1.54, 1.807) is 6.20 Å². The van der Waals surface area contributed by atoms with Gasteiger partial charge in [0, 0.05) is 32.5 Å². The highest BCUT2D eigenvalue weighted by atomic mass is 28.3. The Morgan fingerprint density at radius 2 is 2.05 bits per heavy atom. The number of imidazole rings is 1. The molecule has 0 spiro atoms. The summed E-state index contributed by atoms with van der Waals surface area (Å²) in [5, 5.41) is 8.54. The average Bonchev–Trinajstić information content (AvgIpc) is 3.08. The third-order valence-electron chi connectivity index (χ3n) is 3.62. The molecule has 3 aromatic rings. The number of fused-ring (bicyclic) bond motifs is 1. The predicted octanol–water partition coefficient (Wildman–Crippen LogP) is 3.74. The van der Waals surface area contributed by atoms with E-state index >= 15 is 0 Å². The van der Waals surface area contributed by atoms with Crippen molar-refractivity contribution in [3.05, 3.63) is 36.7 Å². The van der Waals surface area contributed by atoms with Crippen LogP contribution in [0.3, 0.4) is 0 Å². The maximum atomic E-state index is 5.82. The van der Waals surface area contributed by atoms with Crippen LogP contribution in [0.25, 0.3) is 22.4 Å². The molecule has 6 heteroatoms. The number of benzene rings is 1. The summed E-state index contributed by atoms with van der Waals surface area (Å²) in [5.74, 6) is 0.838. The first kappa shape index (κ1) is 15.0. The molecule has 0 amide bonds. The zero-order valence-corrected chi connectivity index (χ0v) is 14.3. The molecule has 0 aliphatic heterocycles. The zero-order valence-electron chi connectivity index (χ0n) is 13.3. The Kier molecular flexibility index (Phi) is 4.13. The van der Waals surface area contributed by atoms with Gasteiger partial charge in [0.2, 0.25) is 0 Å². The highest BCUT2D eigenvalue weighted by molar-refractivity contribution is 6.76. The summed E-state index contributed by atoms with van der Waals surface area (Å²) in [7, 11) is -1.05. The number of hydrogen-bond acceptors (Lipinski definition) is 3. The summed E-state index contributed by atoms with van der Waals surface area (Å²) in [6, 6.07) is 9.25. The Hall–Kier alpha value is -1.92. The molecule has 0 saturated carbocycles. The van der Waals surface area contributed by atoms with E-state index in [2.05, 4.69) is 40.9 Å². The number of H-pyrrole nitrogens is 1. The van der Waals surface area contributed by atoms with Gasteiger partial charge in [0.15, 0.2) is 5.82 Å². The van der Waals surface area contributed by atoms with Gasteiger partial charge in [-0.15, -0.1) is 0 Å². The van der Waals surface area contributed by atoms with Gasteiger partial charge in [-0.1, -0.05) is 37.8 Å². The van der Waals surface area contributed by atoms with E-state index in [4.69, 9.17) is 4.74 Å². The van der Waals surface area contributed by atoms with Crippen LogP contribution in [0.2, 0.25) is 25.7 Å². The molecule has 0 aliphatic rings. The van der Waals surface area contributed by atoms with Gasteiger partial charge in [-0.2, -0.15) is 5.10 Å². The van der Waals surface area contributed by atoms with Crippen LogP contribution >= 0.6 is 0 Å². The number of ether oxygens (including phenoxy) is 1. The molecule has 2 heterocycles. The first-order valence-electron chi connectivity index (χ1n) is 7.57. The molecule has 2 aromatic heterocycles. The second-order valence-corrected chi connectivity index (χ2v) is 12.3. The number of nitrogens with one attached hydrogen (secondary N) is 1. The third-order valence-corrected chi connectivity index (χ3v) is 5.33. The van der Waals surface area contributed by atoms with E-state index in [9.17, 15) is 0 Å². The first-order chi connectivity index (χ1) is 10.5. The zero-order chi connectivity index (χ0) is 15.6. The van der Waals surface area contributed by atoms with Crippen molar-refractivity contribution >= 4 is 19.0 Å². The standard InChI is InChI=1S/C16H22N4OSi/c1-22(2,3)11-10-21-12-20-9-8-17-16(20)15-13-6-4-5-7-14(13)18-19-15/h4-9H,10-12H2,1-3H3,(H,18,19). The lowest BCUT2D eigenvalue weighted by Gasteiger charge is -2.15. The molecule has 0 aliphatic carbocycles. The van der Waals surface area contributed by atoms with Gasteiger partial charge in [0.05, 0.1) is 5.52 Å². The number of rotatable bonds is 6. The van der Waals surface area contributed by atoms with Crippen LogP contribution in [0.5, 0.6) is 0 Å². The van der Waals surface area contributed by atoms with E-state index in [0.717, 1.165) is 29.0 Å². The second kappa shape index (κ2) is 6.06. The minimum Gasteiger partial charge on any atom is -0.361 e. The predicted molar refractivity (Wildman–Crippen MR) is 91.4 cm³/mol. The molecule has 0 unspecified atom stereocenters. The summed E-state index contributed by atoms with van der Waals surface area (Å²) in [5.41, 5.74) is 1.89. The van der Waals surface area contributed by atoms with Crippen molar-refractivity contribution in [1.82, 2.24) is 19.7 Å². The summed E-state index contributed by atoms with van der Waals surface area (Å²) in [4.78, 5) is 4.45. The SMILES string of the molecule is C[Si](C)(C)CCOCn1ccnc1-c1n[nH]c2ccccc12. The Labute approximate surface area is 131 Å². The van der Waals surface area contributed by atoms with Crippen molar-refractivity contribution in [2.75, 3.05) is 6.61 Å². The van der Waals surface area contributed by atoms with Gasteiger partial charge >= 0.3 is 0 Å². The molecule has 3 rings (SSSR count). The maximum Gasteiger partial charge on any atom is 0.163 e. The minimum absolute atomic E-state index is 0.515. The summed E-state index contributed by atoms with van der Waals surface area (Å²) < 4.78 is 7.83. The van der Waals surface area contributed by atoms with Gasteiger partial charge in [-0.25, -0.2) is 4.98 Å². The number of aromatic nitrogens is 4. The van der Waals surface area contributed by atoms with Crippen molar-refractivity contribution in [3.63, 3.8) is 0 Å². The molecular weight excluding hydrogens is 292 g/mol. The van der Waals surface area contributed by atoms with Gasteiger partial charge in [0.25, 0.3) is 0 Å². The molecule has 22 heavy (non-hydrogen) atoms. The van der Waals surface area contributed by atoms with Crippen LogP contribution in [0.1, 0.15) is 0 Å². The summed E-state index contributed by atoms with van der Waals surface area (Å²) >= 11 is 0. The quantitative estimate of drug-likeness (QED) is 0.557. The van der Waals surface area contributed by atoms with Crippen molar-refractivity contribution in [2.45, 2.75) is 32.4 Å². The number of aromatic amines is 1. The lowest BCUT2D eigenvalue weighted by molar-refractivity contribution is 0.0882. The van der Waals surface area contributed by atoms with Crippen LogP contribution in [0, 0.1) is 0 Å². The first-order valence-corrected chi connectivity index (χ1v) is 11.3. The van der Waals surface area contributed by atoms with E-state index in [-0.39, 0.29) is 0 Å². The molecule has 1 N–H and O–H groups in total. The molecular formula is C16H22N4OSi. The lowest BCUT2D eigenvalue weighted by atomic mass is 10.2. The van der Waals surface area contributed by atoms with E-state index in [1.165, 1.54) is 6.04 Å². The summed E-state index contributed by atoms with van der Waals surface area (Å²) in [6.07, 6.45) is 3.73. The number of hydrogen-bond donors (Lipinski definition) is 1. The number of nitrogens with zero attached hydrogens (tertiary/aromatic N) is 3. The Balaban J connectivity index is 1.75. The second-order valence-electron chi connectivity index (χ2n) is 6.69. The van der Waals surface area contributed by atoms with Crippen molar-refractivity contribution in [1.29, 1.82) is 0 Å². The Morgan fingerprint density at radius 1 is 1.23 bits per heavy atom. The normalized spacial score (nSPS) is 12.1. The third kappa shape index (κ3) is 3.28. The van der Waals surface area contributed by atoms with Crippen LogP contribution in [-0.4, -0.2) is 34.4 Å². The van der Waals surface area contributed by atoms with Crippen molar-refractivity contribution in [2.24, 2.45) is 0 Å². The fraction of sp³-hybridized carbons (Fsp3) is 0.375. The van der Waals surface area contributed by atoms with E-state index < -0.39 is 8.07 Å². The molecule has 116 valence electrons. The molecule has 0 bridgehead atoms. The minimum atomic E-state index is -1.05. The van der Waals surface area contributed by atoms with Gasteiger partial charge in [-0.3, -0.25) is 5.10 Å². The highest BCUT2D eigenvalue weighted by Crippen LogP contribution is 2.24. The molecule has 5 nitrogen and oxygen atoms in total. The lowest BCUT2D eigenvalue weighted by Crippen LogP contribution is -2.22. The fourth-order valence-electron chi connectivity index (χ4n) is 2.31. The highest BCUT2D eigenvalue weighted by Gasteiger charge is 2.14.